The molecule has 0 bridgehead atoms. The molecule has 0 unspecified atom stereocenters. The van der Waals surface area contributed by atoms with E-state index in [9.17, 15) is 4.79 Å². The number of aromatic nitrogens is 3. The number of rotatable bonds is 4. The van der Waals surface area contributed by atoms with Crippen LogP contribution < -0.4 is 10.1 Å². The number of ether oxygens (including phenoxy) is 1. The summed E-state index contributed by atoms with van der Waals surface area (Å²) in [7, 11) is 1.90. The molecule has 2 aromatic carbocycles. The van der Waals surface area contributed by atoms with Crippen LogP contribution in [0.2, 0.25) is 0 Å². The molecular weight excluding hydrogens is 328 g/mol. The van der Waals surface area contributed by atoms with Crippen LogP contribution in [-0.2, 0) is 11.8 Å². The predicted octanol–water partition coefficient (Wildman–Crippen LogP) is 3.38. The van der Waals surface area contributed by atoms with Gasteiger partial charge in [0.05, 0.1) is 6.61 Å². The molecule has 132 valence electrons. The van der Waals surface area contributed by atoms with Gasteiger partial charge < -0.3 is 14.6 Å². The molecule has 0 saturated heterocycles. The number of nitrogens with zero attached hydrogens (tertiary/aromatic N) is 3. The lowest BCUT2D eigenvalue weighted by Crippen LogP contribution is -2.20. The second-order valence-corrected chi connectivity index (χ2v) is 6.47. The van der Waals surface area contributed by atoms with Crippen molar-refractivity contribution < 1.29 is 9.53 Å². The molecule has 1 amide bonds. The molecule has 0 fully saturated rings. The van der Waals surface area contributed by atoms with Crippen molar-refractivity contribution in [3.63, 3.8) is 0 Å². The molecule has 0 spiro atoms. The van der Waals surface area contributed by atoms with E-state index in [1.165, 1.54) is 0 Å². The number of carbonyl (C=O) groups is 1. The zero-order valence-electron chi connectivity index (χ0n) is 14.6. The van der Waals surface area contributed by atoms with Crippen LogP contribution in [0.3, 0.4) is 0 Å². The third-order valence-corrected chi connectivity index (χ3v) is 4.65. The van der Waals surface area contributed by atoms with E-state index in [1.54, 1.807) is 6.33 Å². The number of aryl methyl sites for hydroxylation is 1. The minimum absolute atomic E-state index is 0.0121. The molecule has 0 radical (unpaired) electrons. The Bertz CT molecular complexity index is 918. The molecule has 1 aromatic heterocycles. The summed E-state index contributed by atoms with van der Waals surface area (Å²) in [4.78, 5) is 12.5. The Kier molecular flexibility index (Phi) is 4.39. The fourth-order valence-electron chi connectivity index (χ4n) is 3.31. The number of hydrogen-bond donors (Lipinski definition) is 1. The van der Waals surface area contributed by atoms with Gasteiger partial charge in [-0.05, 0) is 48.2 Å². The smallest absolute Gasteiger partial charge is 0.224 e. The molecule has 3 aromatic rings. The molecule has 2 heterocycles. The molecule has 1 N–H and O–H groups in total. The minimum atomic E-state index is 0.0121. The largest absolute Gasteiger partial charge is 0.493 e. The fraction of sp³-hybridized carbons (Fsp3) is 0.250. The molecule has 1 atom stereocenters. The highest BCUT2D eigenvalue weighted by Gasteiger charge is 2.23. The lowest BCUT2D eigenvalue weighted by atomic mass is 9.90. The van der Waals surface area contributed by atoms with Crippen molar-refractivity contribution in [3.05, 3.63) is 60.4 Å². The van der Waals surface area contributed by atoms with Gasteiger partial charge in [0, 0.05) is 24.7 Å². The fourth-order valence-corrected chi connectivity index (χ4v) is 3.31. The van der Waals surface area contributed by atoms with Crippen molar-refractivity contribution >= 4 is 11.6 Å². The number of hydrogen-bond acceptors (Lipinski definition) is 4. The van der Waals surface area contributed by atoms with Crippen LogP contribution >= 0.6 is 0 Å². The first-order chi connectivity index (χ1) is 12.7. The summed E-state index contributed by atoms with van der Waals surface area (Å²) in [5.41, 5.74) is 2.86. The summed E-state index contributed by atoms with van der Waals surface area (Å²) in [5.74, 6) is 1.89. The maximum atomic E-state index is 12.5. The first-order valence-corrected chi connectivity index (χ1v) is 8.67. The van der Waals surface area contributed by atoms with Crippen LogP contribution in [0.15, 0.2) is 54.9 Å². The number of amides is 1. The minimum Gasteiger partial charge on any atom is -0.493 e. The molecule has 1 aliphatic rings. The van der Waals surface area contributed by atoms with Crippen molar-refractivity contribution in [1.29, 1.82) is 0 Å². The number of benzene rings is 2. The summed E-state index contributed by atoms with van der Waals surface area (Å²) in [6.07, 6.45) is 2.97. The van der Waals surface area contributed by atoms with Crippen LogP contribution in [0.25, 0.3) is 11.4 Å². The first kappa shape index (κ1) is 16.3. The summed E-state index contributed by atoms with van der Waals surface area (Å²) in [5, 5.41) is 11.0. The molecule has 26 heavy (non-hydrogen) atoms. The van der Waals surface area contributed by atoms with Crippen molar-refractivity contribution in [2.75, 3.05) is 11.9 Å². The van der Waals surface area contributed by atoms with Crippen molar-refractivity contribution in [2.45, 2.75) is 18.8 Å². The monoisotopic (exact) mass is 348 g/mol. The standard InChI is InChI=1S/C20H20N4O2/c1-24-13-21-23-20(24)14-6-8-16(9-7-14)22-19(25)12-15-10-11-26-18-5-3-2-4-17(15)18/h2-9,13,15H,10-12H2,1H3,(H,22,25)/t15-/m0/s1. The second-order valence-electron chi connectivity index (χ2n) is 6.47. The van der Waals surface area contributed by atoms with E-state index in [-0.39, 0.29) is 11.8 Å². The van der Waals surface area contributed by atoms with Gasteiger partial charge in [0.15, 0.2) is 5.82 Å². The molecule has 0 aliphatic carbocycles. The van der Waals surface area contributed by atoms with E-state index in [4.69, 9.17) is 4.74 Å². The van der Waals surface area contributed by atoms with Crippen LogP contribution in [0.4, 0.5) is 5.69 Å². The highest BCUT2D eigenvalue weighted by molar-refractivity contribution is 5.91. The Morgan fingerprint density at radius 3 is 2.81 bits per heavy atom. The van der Waals surface area contributed by atoms with Gasteiger partial charge in [-0.2, -0.15) is 0 Å². The Labute approximate surface area is 151 Å². The van der Waals surface area contributed by atoms with Crippen molar-refractivity contribution in [1.82, 2.24) is 14.8 Å². The molecule has 6 heteroatoms. The predicted molar refractivity (Wildman–Crippen MR) is 99.0 cm³/mol. The quantitative estimate of drug-likeness (QED) is 0.785. The molecule has 4 rings (SSSR count). The molecule has 1 aliphatic heterocycles. The van der Waals surface area contributed by atoms with Crippen LogP contribution in [0, 0.1) is 0 Å². The molecule has 6 nitrogen and oxygen atoms in total. The van der Waals surface area contributed by atoms with Gasteiger partial charge in [-0.1, -0.05) is 18.2 Å². The maximum Gasteiger partial charge on any atom is 0.224 e. The van der Waals surface area contributed by atoms with Crippen LogP contribution in [0.5, 0.6) is 5.75 Å². The highest BCUT2D eigenvalue weighted by Crippen LogP contribution is 2.35. The van der Waals surface area contributed by atoms with Gasteiger partial charge in [-0.15, -0.1) is 10.2 Å². The van der Waals surface area contributed by atoms with E-state index in [0.717, 1.165) is 34.8 Å². The summed E-state index contributed by atoms with van der Waals surface area (Å²) in [6, 6.07) is 15.6. The average molecular weight is 348 g/mol. The lowest BCUT2D eigenvalue weighted by molar-refractivity contribution is -0.116. The number of carbonyl (C=O) groups excluding carboxylic acids is 1. The van der Waals surface area contributed by atoms with E-state index in [2.05, 4.69) is 15.5 Å². The van der Waals surface area contributed by atoms with E-state index < -0.39 is 0 Å². The third-order valence-electron chi connectivity index (χ3n) is 4.65. The van der Waals surface area contributed by atoms with Crippen LogP contribution in [0.1, 0.15) is 24.3 Å². The average Bonchev–Trinajstić information content (AvgIpc) is 3.09. The van der Waals surface area contributed by atoms with Crippen molar-refractivity contribution in [2.24, 2.45) is 7.05 Å². The van der Waals surface area contributed by atoms with Crippen molar-refractivity contribution in [3.8, 4) is 17.1 Å². The maximum absolute atomic E-state index is 12.5. The zero-order valence-corrected chi connectivity index (χ0v) is 14.6. The second kappa shape index (κ2) is 7.00. The van der Waals surface area contributed by atoms with E-state index in [0.29, 0.717) is 13.0 Å². The van der Waals surface area contributed by atoms with E-state index >= 15 is 0 Å². The van der Waals surface area contributed by atoms with Gasteiger partial charge in [0.1, 0.15) is 12.1 Å². The highest BCUT2D eigenvalue weighted by atomic mass is 16.5. The summed E-state index contributed by atoms with van der Waals surface area (Å²) in [6.45, 7) is 0.654. The van der Waals surface area contributed by atoms with Gasteiger partial charge in [-0.3, -0.25) is 4.79 Å². The van der Waals surface area contributed by atoms with Gasteiger partial charge in [0.25, 0.3) is 0 Å². The van der Waals surface area contributed by atoms with E-state index in [1.807, 2.05) is 60.1 Å². The van der Waals surface area contributed by atoms with Gasteiger partial charge in [0.2, 0.25) is 5.91 Å². The Balaban J connectivity index is 1.42. The Morgan fingerprint density at radius 1 is 1.23 bits per heavy atom. The number of nitrogens with one attached hydrogen (secondary N) is 1. The normalized spacial score (nSPS) is 15.8. The first-order valence-electron chi connectivity index (χ1n) is 8.67. The lowest BCUT2D eigenvalue weighted by Gasteiger charge is -2.25. The van der Waals surface area contributed by atoms with Gasteiger partial charge >= 0.3 is 0 Å². The Hall–Kier alpha value is -3.15. The number of para-hydroxylation sites is 1. The SMILES string of the molecule is Cn1cnnc1-c1ccc(NC(=O)C[C@@H]2CCOc3ccccc32)cc1. The van der Waals surface area contributed by atoms with Crippen LogP contribution in [-0.4, -0.2) is 27.3 Å². The number of anilines is 1. The summed E-state index contributed by atoms with van der Waals surface area (Å²) < 4.78 is 7.52. The zero-order chi connectivity index (χ0) is 17.9. The third kappa shape index (κ3) is 3.31. The number of fused-ring (bicyclic) bond motifs is 1. The van der Waals surface area contributed by atoms with Gasteiger partial charge in [-0.25, -0.2) is 0 Å². The Morgan fingerprint density at radius 2 is 2.04 bits per heavy atom. The topological polar surface area (TPSA) is 69.0 Å². The molecular formula is C20H20N4O2. The summed E-state index contributed by atoms with van der Waals surface area (Å²) >= 11 is 0. The molecule has 0 saturated carbocycles.